The normalized spacial score (nSPS) is 11.1. The summed E-state index contributed by atoms with van der Waals surface area (Å²) < 4.78 is 35.1. The average Bonchev–Trinajstić information content (AvgIpc) is 3.11. The van der Waals surface area contributed by atoms with Gasteiger partial charge in [-0.1, -0.05) is 12.1 Å². The zero-order chi connectivity index (χ0) is 17.9. The number of furan rings is 1. The van der Waals surface area contributed by atoms with Crippen molar-refractivity contribution in [3.63, 3.8) is 0 Å². The molecule has 0 saturated carbocycles. The summed E-state index contributed by atoms with van der Waals surface area (Å²) in [7, 11) is -3.96. The van der Waals surface area contributed by atoms with E-state index in [9.17, 15) is 13.2 Å². The third kappa shape index (κ3) is 4.09. The molecule has 0 radical (unpaired) electrons. The van der Waals surface area contributed by atoms with E-state index in [1.807, 2.05) is 0 Å². The lowest BCUT2D eigenvalue weighted by Crippen LogP contribution is -2.12. The Morgan fingerprint density at radius 2 is 1.72 bits per heavy atom. The molecule has 8 heteroatoms. The van der Waals surface area contributed by atoms with E-state index in [2.05, 4.69) is 21.2 Å². The van der Waals surface area contributed by atoms with Gasteiger partial charge in [0, 0.05) is 10.2 Å². The molecular weight excluding hydrogens is 410 g/mol. The minimum absolute atomic E-state index is 0.0326. The quantitative estimate of drug-likeness (QED) is 0.627. The molecule has 2 aromatic carbocycles. The van der Waals surface area contributed by atoms with Crippen LogP contribution in [0.1, 0.15) is 10.6 Å². The molecule has 6 nitrogen and oxygen atoms in total. The van der Waals surface area contributed by atoms with Crippen LogP contribution in [0.25, 0.3) is 0 Å². The van der Waals surface area contributed by atoms with Gasteiger partial charge in [-0.25, -0.2) is 0 Å². The van der Waals surface area contributed by atoms with Crippen molar-refractivity contribution in [3.8, 4) is 5.75 Å². The van der Waals surface area contributed by atoms with Crippen molar-refractivity contribution >= 4 is 37.6 Å². The Morgan fingerprint density at radius 1 is 1.00 bits per heavy atom. The van der Waals surface area contributed by atoms with Crippen LogP contribution in [0.5, 0.6) is 5.75 Å². The maximum absolute atomic E-state index is 12.3. The fourth-order valence-electron chi connectivity index (χ4n) is 2.01. The Morgan fingerprint density at radius 3 is 2.36 bits per heavy atom. The van der Waals surface area contributed by atoms with Crippen molar-refractivity contribution in [3.05, 3.63) is 77.2 Å². The molecule has 1 aromatic heterocycles. The molecule has 0 aliphatic rings. The lowest BCUT2D eigenvalue weighted by Gasteiger charge is -2.09. The molecule has 0 atom stereocenters. The van der Waals surface area contributed by atoms with Gasteiger partial charge in [0.2, 0.25) is 0 Å². The molecule has 1 heterocycles. The SMILES string of the molecule is O=C(Nc1ccc(OS(=O)(=O)c2ccccc2Br)cc1)c1ccco1. The highest BCUT2D eigenvalue weighted by atomic mass is 79.9. The summed E-state index contributed by atoms with van der Waals surface area (Å²) in [4.78, 5) is 11.9. The first-order chi connectivity index (χ1) is 12.0. The standard InChI is InChI=1S/C17H12BrNO5S/c18-14-4-1-2-6-16(14)25(21,22)24-13-9-7-12(8-10-13)19-17(20)15-5-3-11-23-15/h1-11H,(H,19,20). The minimum Gasteiger partial charge on any atom is -0.459 e. The molecule has 1 amide bonds. The molecule has 0 fully saturated rings. The Hall–Kier alpha value is -2.58. The Balaban J connectivity index is 1.72. The van der Waals surface area contributed by atoms with E-state index in [0.717, 1.165) is 0 Å². The van der Waals surface area contributed by atoms with Gasteiger partial charge >= 0.3 is 10.1 Å². The number of carbonyl (C=O) groups excluding carboxylic acids is 1. The van der Waals surface area contributed by atoms with Gasteiger partial charge in [-0.15, -0.1) is 0 Å². The minimum atomic E-state index is -3.96. The lowest BCUT2D eigenvalue weighted by molar-refractivity contribution is 0.0996. The van der Waals surface area contributed by atoms with Crippen LogP contribution in [0, 0.1) is 0 Å². The second-order valence-electron chi connectivity index (χ2n) is 4.92. The third-order valence-electron chi connectivity index (χ3n) is 3.17. The van der Waals surface area contributed by atoms with E-state index in [4.69, 9.17) is 8.60 Å². The van der Waals surface area contributed by atoms with Gasteiger partial charge in [0.25, 0.3) is 5.91 Å². The summed E-state index contributed by atoms with van der Waals surface area (Å²) in [5.74, 6) is -0.0944. The number of anilines is 1. The molecule has 0 aliphatic heterocycles. The van der Waals surface area contributed by atoms with E-state index in [1.165, 1.54) is 42.7 Å². The number of rotatable bonds is 5. The highest BCUT2D eigenvalue weighted by Crippen LogP contribution is 2.26. The van der Waals surface area contributed by atoms with E-state index in [0.29, 0.717) is 10.2 Å². The van der Waals surface area contributed by atoms with Crippen LogP contribution >= 0.6 is 15.9 Å². The second kappa shape index (κ2) is 7.12. The number of amides is 1. The lowest BCUT2D eigenvalue weighted by atomic mass is 10.3. The summed E-state index contributed by atoms with van der Waals surface area (Å²) in [5, 5.41) is 2.63. The van der Waals surface area contributed by atoms with Crippen molar-refractivity contribution in [2.24, 2.45) is 0 Å². The van der Waals surface area contributed by atoms with Crippen molar-refractivity contribution in [1.82, 2.24) is 0 Å². The van der Waals surface area contributed by atoms with E-state index >= 15 is 0 Å². The molecular formula is C17H12BrNO5S. The summed E-state index contributed by atoms with van der Waals surface area (Å²) in [6.07, 6.45) is 1.40. The van der Waals surface area contributed by atoms with Gasteiger partial charge in [0.1, 0.15) is 10.6 Å². The fourth-order valence-corrected chi connectivity index (χ4v) is 3.90. The molecule has 128 valence electrons. The van der Waals surface area contributed by atoms with Crippen LogP contribution in [-0.2, 0) is 10.1 Å². The number of halogens is 1. The van der Waals surface area contributed by atoms with Crippen LogP contribution in [-0.4, -0.2) is 14.3 Å². The summed E-state index contributed by atoms with van der Waals surface area (Å²) in [6.45, 7) is 0. The molecule has 0 bridgehead atoms. The predicted molar refractivity (Wildman–Crippen MR) is 95.1 cm³/mol. The number of benzene rings is 2. The average molecular weight is 422 g/mol. The van der Waals surface area contributed by atoms with Gasteiger partial charge in [-0.3, -0.25) is 4.79 Å². The maximum Gasteiger partial charge on any atom is 0.340 e. The topological polar surface area (TPSA) is 85.6 Å². The maximum atomic E-state index is 12.3. The first kappa shape index (κ1) is 17.2. The summed E-state index contributed by atoms with van der Waals surface area (Å²) in [6, 6.07) is 15.5. The van der Waals surface area contributed by atoms with Gasteiger partial charge in [-0.2, -0.15) is 8.42 Å². The predicted octanol–water partition coefficient (Wildman–Crippen LogP) is 4.06. The van der Waals surface area contributed by atoms with Crippen molar-refractivity contribution < 1.29 is 21.8 Å². The first-order valence-corrected chi connectivity index (χ1v) is 9.30. The monoisotopic (exact) mass is 421 g/mol. The van der Waals surface area contributed by atoms with Crippen molar-refractivity contribution in [2.75, 3.05) is 5.32 Å². The zero-order valence-electron chi connectivity index (χ0n) is 12.7. The first-order valence-electron chi connectivity index (χ1n) is 7.10. The Labute approximate surface area is 152 Å². The molecule has 25 heavy (non-hydrogen) atoms. The molecule has 1 N–H and O–H groups in total. The number of carbonyl (C=O) groups is 1. The van der Waals surface area contributed by atoms with Crippen LogP contribution < -0.4 is 9.50 Å². The highest BCUT2D eigenvalue weighted by molar-refractivity contribution is 9.10. The third-order valence-corrected chi connectivity index (χ3v) is 5.43. The fraction of sp³-hybridized carbons (Fsp3) is 0. The van der Waals surface area contributed by atoms with Crippen LogP contribution in [0.4, 0.5) is 5.69 Å². The number of hydrogen-bond donors (Lipinski definition) is 1. The number of hydrogen-bond acceptors (Lipinski definition) is 5. The molecule has 0 saturated heterocycles. The second-order valence-corrected chi connectivity index (χ2v) is 7.29. The largest absolute Gasteiger partial charge is 0.459 e. The summed E-state index contributed by atoms with van der Waals surface area (Å²) in [5.41, 5.74) is 0.479. The van der Waals surface area contributed by atoms with Gasteiger partial charge < -0.3 is 13.9 Å². The Kier molecular flexibility index (Phi) is 4.91. The van der Waals surface area contributed by atoms with Gasteiger partial charge in [0.05, 0.1) is 6.26 Å². The van der Waals surface area contributed by atoms with E-state index in [1.54, 1.807) is 24.3 Å². The molecule has 3 aromatic rings. The van der Waals surface area contributed by atoms with Gasteiger partial charge in [-0.05, 0) is 64.5 Å². The van der Waals surface area contributed by atoms with E-state index in [-0.39, 0.29) is 16.4 Å². The molecule has 0 spiro atoms. The highest BCUT2D eigenvalue weighted by Gasteiger charge is 2.19. The van der Waals surface area contributed by atoms with Crippen LogP contribution in [0.2, 0.25) is 0 Å². The zero-order valence-corrected chi connectivity index (χ0v) is 15.1. The van der Waals surface area contributed by atoms with Crippen LogP contribution in [0.3, 0.4) is 0 Å². The van der Waals surface area contributed by atoms with Crippen molar-refractivity contribution in [2.45, 2.75) is 4.90 Å². The number of nitrogens with one attached hydrogen (secondary N) is 1. The van der Waals surface area contributed by atoms with E-state index < -0.39 is 16.0 Å². The summed E-state index contributed by atoms with van der Waals surface area (Å²) >= 11 is 3.19. The molecule has 3 rings (SSSR count). The molecule has 0 unspecified atom stereocenters. The van der Waals surface area contributed by atoms with Crippen LogP contribution in [0.15, 0.2) is 80.7 Å². The van der Waals surface area contributed by atoms with Crippen molar-refractivity contribution in [1.29, 1.82) is 0 Å². The van der Waals surface area contributed by atoms with Gasteiger partial charge in [0.15, 0.2) is 5.76 Å². The smallest absolute Gasteiger partial charge is 0.340 e. The Bertz CT molecular complexity index is 982. The molecule has 0 aliphatic carbocycles.